The average Bonchev–Trinajstić information content (AvgIpc) is 3.37. The summed E-state index contributed by atoms with van der Waals surface area (Å²) in [6.45, 7) is 2.37. The van der Waals surface area contributed by atoms with E-state index >= 15 is 0 Å². The molecule has 0 aromatic heterocycles. The van der Waals surface area contributed by atoms with Gasteiger partial charge in [0.15, 0.2) is 34.5 Å². The van der Waals surface area contributed by atoms with Gasteiger partial charge in [-0.25, -0.2) is 0 Å². The van der Waals surface area contributed by atoms with E-state index in [9.17, 15) is 0 Å². The van der Waals surface area contributed by atoms with Crippen molar-refractivity contribution in [1.29, 1.82) is 0 Å². The molecule has 0 fully saturated rings. The van der Waals surface area contributed by atoms with E-state index in [1.807, 2.05) is 0 Å². The summed E-state index contributed by atoms with van der Waals surface area (Å²) >= 11 is 0. The van der Waals surface area contributed by atoms with Crippen molar-refractivity contribution in [2.24, 2.45) is 0 Å². The lowest BCUT2D eigenvalue weighted by Gasteiger charge is -2.19. The lowest BCUT2D eigenvalue weighted by molar-refractivity contribution is 0.211. The molecule has 0 unspecified atom stereocenters. The first-order chi connectivity index (χ1) is 30.0. The Morgan fingerprint density at radius 3 is 0.951 bits per heavy atom. The summed E-state index contributed by atoms with van der Waals surface area (Å²) in [4.78, 5) is 0. The predicted octanol–water partition coefficient (Wildman–Crippen LogP) is 9.27. The molecule has 9 nitrogen and oxygen atoms in total. The van der Waals surface area contributed by atoms with Gasteiger partial charge in [-0.05, 0) is 178 Å². The predicted molar refractivity (Wildman–Crippen MR) is 233 cm³/mol. The van der Waals surface area contributed by atoms with Crippen LogP contribution in [0.1, 0.15) is 73.2 Å². The van der Waals surface area contributed by atoms with E-state index in [0.29, 0.717) is 99.8 Å². The Bertz CT molecular complexity index is 2600. The van der Waals surface area contributed by atoms with Gasteiger partial charge in [0, 0.05) is 6.42 Å². The molecule has 0 saturated heterocycles. The molecular formula is C52H50O9. The van der Waals surface area contributed by atoms with E-state index in [1.165, 1.54) is 33.4 Å². The Morgan fingerprint density at radius 2 is 0.574 bits per heavy atom. The molecule has 20 rings (SSSR count). The van der Waals surface area contributed by atoms with E-state index in [2.05, 4.69) is 91.0 Å². The maximum absolute atomic E-state index is 6.50. The first-order valence-corrected chi connectivity index (χ1v) is 21.2. The molecule has 312 valence electrons. The van der Waals surface area contributed by atoms with Crippen molar-refractivity contribution in [3.05, 3.63) is 158 Å². The number of benzene rings is 6. The van der Waals surface area contributed by atoms with Crippen molar-refractivity contribution in [3.63, 3.8) is 0 Å². The number of ether oxygens (including phenoxy) is 9. The zero-order valence-corrected chi connectivity index (χ0v) is 35.0. The van der Waals surface area contributed by atoms with Crippen LogP contribution in [0, 0.1) is 0 Å². The van der Waals surface area contributed by atoms with Gasteiger partial charge in [0.2, 0.25) is 0 Å². The minimum absolute atomic E-state index is 0.336. The molecule has 12 heterocycles. The van der Waals surface area contributed by atoms with Crippen LogP contribution in [-0.2, 0) is 38.5 Å². The lowest BCUT2D eigenvalue weighted by Crippen LogP contribution is -2.11. The molecule has 2 aliphatic carbocycles. The van der Waals surface area contributed by atoms with Crippen LogP contribution in [0.5, 0.6) is 51.7 Å². The van der Waals surface area contributed by atoms with E-state index in [-0.39, 0.29) is 0 Å². The fraction of sp³-hybridized carbons (Fsp3) is 0.308. The maximum atomic E-state index is 6.50. The fourth-order valence-electron chi connectivity index (χ4n) is 9.11. The Balaban J connectivity index is 1.14. The monoisotopic (exact) mass is 818 g/mol. The van der Waals surface area contributed by atoms with Crippen molar-refractivity contribution >= 4 is 0 Å². The number of rotatable bonds is 3. The molecule has 61 heavy (non-hydrogen) atoms. The molecule has 0 N–H and O–H groups in total. The van der Waals surface area contributed by atoms with Gasteiger partial charge in [0.25, 0.3) is 0 Å². The van der Waals surface area contributed by atoms with Crippen molar-refractivity contribution < 1.29 is 42.6 Å². The molecule has 12 aliphatic heterocycles. The second-order valence-corrected chi connectivity index (χ2v) is 16.1. The van der Waals surface area contributed by atoms with Crippen LogP contribution >= 0.6 is 0 Å². The van der Waals surface area contributed by atoms with Crippen LogP contribution in [0.4, 0.5) is 0 Å². The average molecular weight is 819 g/mol. The van der Waals surface area contributed by atoms with Gasteiger partial charge in [-0.3, -0.25) is 0 Å². The highest BCUT2D eigenvalue weighted by atomic mass is 16.5. The Kier molecular flexibility index (Phi) is 10.7. The van der Waals surface area contributed by atoms with E-state index in [1.54, 1.807) is 21.3 Å². The van der Waals surface area contributed by atoms with Gasteiger partial charge >= 0.3 is 0 Å². The van der Waals surface area contributed by atoms with E-state index in [0.717, 1.165) is 69.9 Å². The van der Waals surface area contributed by atoms with Crippen LogP contribution in [0.15, 0.2) is 91.0 Å². The quantitative estimate of drug-likeness (QED) is 0.173. The second-order valence-electron chi connectivity index (χ2n) is 16.1. The van der Waals surface area contributed by atoms with Crippen LogP contribution in [-0.4, -0.2) is 61.0 Å². The Hall–Kier alpha value is -6.48. The van der Waals surface area contributed by atoms with Crippen molar-refractivity contribution in [2.75, 3.05) is 61.0 Å². The highest BCUT2D eigenvalue weighted by Crippen LogP contribution is 2.41. The summed E-state index contributed by atoms with van der Waals surface area (Å²) in [7, 11) is 5.08. The molecular weight excluding hydrogens is 769 g/mol. The normalized spacial score (nSPS) is 15.4. The van der Waals surface area contributed by atoms with E-state index in [4.69, 9.17) is 42.6 Å². The summed E-state index contributed by atoms with van der Waals surface area (Å²) in [6.07, 6.45) is 4.94. The fourth-order valence-corrected chi connectivity index (χ4v) is 9.11. The lowest BCUT2D eigenvalue weighted by atomic mass is 9.94. The van der Waals surface area contributed by atoms with Crippen LogP contribution in [0.25, 0.3) is 0 Å². The van der Waals surface area contributed by atoms with Crippen LogP contribution in [0.2, 0.25) is 0 Å². The maximum Gasteiger partial charge on any atom is 0.161 e. The smallest absolute Gasteiger partial charge is 0.161 e. The van der Waals surface area contributed by atoms with Gasteiger partial charge in [-0.15, -0.1) is 0 Å². The van der Waals surface area contributed by atoms with Gasteiger partial charge in [-0.1, -0.05) is 18.2 Å². The molecule has 0 saturated carbocycles. The topological polar surface area (TPSA) is 83.1 Å². The number of hydrogen-bond donors (Lipinski definition) is 0. The summed E-state index contributed by atoms with van der Waals surface area (Å²) in [5.41, 5.74) is 14.2. The van der Waals surface area contributed by atoms with Crippen LogP contribution < -0.4 is 42.6 Å². The standard InChI is InChI=1S/C52H50O9/c1-53-47-26-38-21-42-30-51-49(55-3)28-40(42)22-43-31-52-48(54-2)27-39(43)20-41(38)29-50(47)59-12-4-11-56-44-8-5-32-18-36-24-46(58-14-16-61-52)10-7-34(36)19-37-25-45(57-13-15-60-51)9-6-33(37)17-35(32)23-44/h5-10,23-31H,4,11-22H2,1-3H3. The molecule has 0 amide bonds. The van der Waals surface area contributed by atoms with E-state index < -0.39 is 0 Å². The minimum Gasteiger partial charge on any atom is -0.493 e. The highest BCUT2D eigenvalue weighted by molar-refractivity contribution is 5.58. The first-order valence-electron chi connectivity index (χ1n) is 21.2. The summed E-state index contributed by atoms with van der Waals surface area (Å²) < 4.78 is 56.7. The SMILES string of the molecule is COc1cc2c3cc1OCCCOc1ccc4c(c1)Cc1ccc5cc1Cc1ccc(cc1C4)OCCOc1cc(c(cc1OC)C3)Cc1cc(OC)c(cc1C2)OCCO5. The van der Waals surface area contributed by atoms with Gasteiger partial charge in [-0.2, -0.15) is 0 Å². The second kappa shape index (κ2) is 16.9. The minimum atomic E-state index is 0.336. The van der Waals surface area contributed by atoms with Crippen molar-refractivity contribution in [2.45, 2.75) is 44.9 Å². The Morgan fingerprint density at radius 1 is 0.295 bits per heavy atom. The molecule has 0 atom stereocenters. The summed E-state index contributed by atoms with van der Waals surface area (Å²) in [6, 6.07) is 32.2. The third-order valence-corrected chi connectivity index (χ3v) is 12.3. The number of hydrogen-bond acceptors (Lipinski definition) is 9. The molecule has 18 bridgehead atoms. The van der Waals surface area contributed by atoms with Crippen molar-refractivity contribution in [1.82, 2.24) is 0 Å². The highest BCUT2D eigenvalue weighted by Gasteiger charge is 2.24. The van der Waals surface area contributed by atoms with Crippen molar-refractivity contribution in [3.8, 4) is 51.7 Å². The molecule has 0 radical (unpaired) electrons. The van der Waals surface area contributed by atoms with Crippen LogP contribution in [0.3, 0.4) is 0 Å². The third kappa shape index (κ3) is 8.09. The third-order valence-electron chi connectivity index (χ3n) is 12.3. The zero-order valence-electron chi connectivity index (χ0n) is 35.0. The van der Waals surface area contributed by atoms with Gasteiger partial charge in [0.1, 0.15) is 43.7 Å². The number of methoxy groups -OCH3 is 3. The van der Waals surface area contributed by atoms with Gasteiger partial charge in [0.05, 0.1) is 34.5 Å². The van der Waals surface area contributed by atoms with Gasteiger partial charge < -0.3 is 42.6 Å². The Labute approximate surface area is 357 Å². The summed E-state index contributed by atoms with van der Waals surface area (Å²) in [5, 5.41) is 0. The first kappa shape index (κ1) is 38.7. The summed E-state index contributed by atoms with van der Waals surface area (Å²) in [5.74, 6) is 6.52. The molecule has 0 spiro atoms. The largest absolute Gasteiger partial charge is 0.493 e. The molecule has 6 aromatic carbocycles. The molecule has 6 aromatic rings. The molecule has 9 heteroatoms. The molecule has 14 aliphatic rings. The zero-order chi connectivity index (χ0) is 41.3.